The number of aliphatic hydroxyl groups is 1. The summed E-state index contributed by atoms with van der Waals surface area (Å²) < 4.78 is 23.1. The molecular formula is C45H85N2O6P. The first kappa shape index (κ1) is 52.5. The minimum atomic E-state index is -4.60. The van der Waals surface area contributed by atoms with Crippen LogP contribution >= 0.6 is 7.82 Å². The average molecular weight is 781 g/mol. The minimum Gasteiger partial charge on any atom is -0.756 e. The van der Waals surface area contributed by atoms with E-state index in [0.717, 1.165) is 38.5 Å². The highest BCUT2D eigenvalue weighted by atomic mass is 31.2. The van der Waals surface area contributed by atoms with E-state index in [1.165, 1.54) is 116 Å². The van der Waals surface area contributed by atoms with Crippen LogP contribution in [0.2, 0.25) is 0 Å². The van der Waals surface area contributed by atoms with Crippen LogP contribution in [-0.4, -0.2) is 68.5 Å². The smallest absolute Gasteiger partial charge is 0.268 e. The number of quaternary nitrogens is 1. The number of phosphoric ester groups is 1. The van der Waals surface area contributed by atoms with Gasteiger partial charge in [-0.2, -0.15) is 0 Å². The monoisotopic (exact) mass is 781 g/mol. The second-order valence-corrected chi connectivity index (χ2v) is 17.4. The number of carbonyl (C=O) groups excluding carboxylic acids is 1. The number of hydrogen-bond donors (Lipinski definition) is 2. The van der Waals surface area contributed by atoms with E-state index in [4.69, 9.17) is 9.05 Å². The fourth-order valence-electron chi connectivity index (χ4n) is 5.95. The van der Waals surface area contributed by atoms with Gasteiger partial charge < -0.3 is 28.8 Å². The molecule has 54 heavy (non-hydrogen) atoms. The molecule has 3 unspecified atom stereocenters. The van der Waals surface area contributed by atoms with Gasteiger partial charge in [0.1, 0.15) is 13.2 Å². The van der Waals surface area contributed by atoms with Gasteiger partial charge in [0.25, 0.3) is 7.82 Å². The number of carbonyl (C=O) groups is 1. The van der Waals surface area contributed by atoms with Crippen LogP contribution in [0.25, 0.3) is 0 Å². The van der Waals surface area contributed by atoms with Crippen LogP contribution in [0, 0.1) is 0 Å². The lowest BCUT2D eigenvalue weighted by molar-refractivity contribution is -0.870. The summed E-state index contributed by atoms with van der Waals surface area (Å²) in [5, 5.41) is 13.7. The lowest BCUT2D eigenvalue weighted by Crippen LogP contribution is -2.45. The largest absolute Gasteiger partial charge is 0.756 e. The average Bonchev–Trinajstić information content (AvgIpc) is 3.12. The van der Waals surface area contributed by atoms with Crippen molar-refractivity contribution in [1.29, 1.82) is 0 Å². The van der Waals surface area contributed by atoms with Crippen molar-refractivity contribution in [2.24, 2.45) is 0 Å². The van der Waals surface area contributed by atoms with Gasteiger partial charge in [-0.3, -0.25) is 9.36 Å². The zero-order valence-electron chi connectivity index (χ0n) is 35.7. The van der Waals surface area contributed by atoms with Crippen molar-refractivity contribution in [3.63, 3.8) is 0 Å². The summed E-state index contributed by atoms with van der Waals surface area (Å²) >= 11 is 0. The third-order valence-corrected chi connectivity index (χ3v) is 10.5. The Balaban J connectivity index is 4.41. The number of amides is 1. The Morgan fingerprint density at radius 1 is 0.630 bits per heavy atom. The van der Waals surface area contributed by atoms with Crippen molar-refractivity contribution in [3.8, 4) is 0 Å². The molecule has 0 spiro atoms. The maximum Gasteiger partial charge on any atom is 0.268 e. The fraction of sp³-hybridized carbons (Fsp3) is 0.800. The maximum absolute atomic E-state index is 12.7. The summed E-state index contributed by atoms with van der Waals surface area (Å²) in [5.74, 6) is -0.250. The lowest BCUT2D eigenvalue weighted by atomic mass is 10.0. The molecule has 0 fully saturated rings. The number of nitrogens with zero attached hydrogens (tertiary/aromatic N) is 1. The molecule has 0 rings (SSSR count). The van der Waals surface area contributed by atoms with E-state index < -0.39 is 26.6 Å². The van der Waals surface area contributed by atoms with Crippen molar-refractivity contribution in [3.05, 3.63) is 48.6 Å². The topological polar surface area (TPSA) is 108 Å². The van der Waals surface area contributed by atoms with Gasteiger partial charge in [0.15, 0.2) is 0 Å². The Labute approximate surface area is 333 Å². The standard InChI is InChI=1S/C45H85N2O6P/c1-6-8-10-12-14-16-17-18-19-20-21-22-23-24-25-26-27-28-29-31-32-34-36-38-44(48)43(42-53-54(50,51)52-41-40-47(3,4)5)46-45(49)39-37-35-33-30-15-13-11-9-7-2/h25-26,29-31,33,36,38,43-44,48H,6-24,27-28,32,34-35,37,39-42H2,1-5H3,(H-,46,49,50,51)/b26-25+,31-29+,33-30-,38-36+. The van der Waals surface area contributed by atoms with Gasteiger partial charge in [-0.1, -0.05) is 159 Å². The Kier molecular flexibility index (Phi) is 36.0. The van der Waals surface area contributed by atoms with Crippen LogP contribution in [0.3, 0.4) is 0 Å². The fourth-order valence-corrected chi connectivity index (χ4v) is 6.67. The Hall–Kier alpha value is -1.54. The molecule has 0 aliphatic heterocycles. The molecule has 0 bridgehead atoms. The second-order valence-electron chi connectivity index (χ2n) is 16.0. The molecule has 8 nitrogen and oxygen atoms in total. The first-order chi connectivity index (χ1) is 26.0. The predicted octanol–water partition coefficient (Wildman–Crippen LogP) is 11.4. The van der Waals surface area contributed by atoms with Gasteiger partial charge in [0, 0.05) is 6.42 Å². The zero-order chi connectivity index (χ0) is 40.0. The van der Waals surface area contributed by atoms with E-state index in [2.05, 4.69) is 55.6 Å². The molecule has 1 amide bonds. The van der Waals surface area contributed by atoms with Crippen LogP contribution in [0.1, 0.15) is 181 Å². The second kappa shape index (κ2) is 37.1. The number of aliphatic hydroxyl groups excluding tert-OH is 1. The molecule has 0 aromatic carbocycles. The molecular weight excluding hydrogens is 695 g/mol. The number of allylic oxidation sites excluding steroid dienone is 7. The highest BCUT2D eigenvalue weighted by molar-refractivity contribution is 7.45. The summed E-state index contributed by atoms with van der Waals surface area (Å²) in [6.07, 6.45) is 46.2. The summed E-state index contributed by atoms with van der Waals surface area (Å²) in [6, 6.07) is -0.922. The Bertz CT molecular complexity index is 1020. The highest BCUT2D eigenvalue weighted by Crippen LogP contribution is 2.38. The van der Waals surface area contributed by atoms with Crippen molar-refractivity contribution in [1.82, 2.24) is 5.32 Å². The molecule has 2 N–H and O–H groups in total. The van der Waals surface area contributed by atoms with E-state index >= 15 is 0 Å². The molecule has 0 heterocycles. The van der Waals surface area contributed by atoms with Gasteiger partial charge in [0.05, 0.1) is 39.9 Å². The van der Waals surface area contributed by atoms with E-state index in [1.807, 2.05) is 27.2 Å². The molecule has 0 aromatic heterocycles. The first-order valence-corrected chi connectivity index (χ1v) is 23.5. The molecule has 3 atom stereocenters. The molecule has 0 aliphatic carbocycles. The van der Waals surface area contributed by atoms with E-state index in [-0.39, 0.29) is 18.9 Å². The molecule has 0 saturated heterocycles. The van der Waals surface area contributed by atoms with Crippen LogP contribution in [0.5, 0.6) is 0 Å². The Morgan fingerprint density at radius 2 is 1.04 bits per heavy atom. The summed E-state index contributed by atoms with van der Waals surface area (Å²) in [6.45, 7) is 4.54. The molecule has 9 heteroatoms. The molecule has 0 aliphatic rings. The van der Waals surface area contributed by atoms with E-state index in [0.29, 0.717) is 17.4 Å². The molecule has 0 aromatic rings. The highest BCUT2D eigenvalue weighted by Gasteiger charge is 2.23. The van der Waals surface area contributed by atoms with Gasteiger partial charge >= 0.3 is 0 Å². The predicted molar refractivity (Wildman–Crippen MR) is 228 cm³/mol. The van der Waals surface area contributed by atoms with E-state index in [9.17, 15) is 19.4 Å². The maximum atomic E-state index is 12.7. The number of phosphoric acid groups is 1. The number of hydrogen-bond acceptors (Lipinski definition) is 6. The van der Waals surface area contributed by atoms with Gasteiger partial charge in [-0.05, 0) is 64.2 Å². The van der Waals surface area contributed by atoms with Gasteiger partial charge in [0.2, 0.25) is 5.91 Å². The van der Waals surface area contributed by atoms with Crippen LogP contribution in [0.4, 0.5) is 0 Å². The SMILES string of the molecule is CCCCCC/C=C\CCCC(=O)NC(COP(=O)([O-])OCC[N+](C)(C)C)C(O)/C=C/CC/C=C/CC/C=C/CCCCCCCCCCCCCCC. The number of likely N-dealkylation sites (N-methyl/N-ethyl adjacent to an activating group) is 1. The molecule has 0 radical (unpaired) electrons. The molecule has 316 valence electrons. The third kappa shape index (κ3) is 38.7. The number of nitrogens with one attached hydrogen (secondary N) is 1. The third-order valence-electron chi connectivity index (χ3n) is 9.49. The van der Waals surface area contributed by atoms with Crippen LogP contribution in [-0.2, 0) is 18.4 Å². The summed E-state index contributed by atoms with van der Waals surface area (Å²) in [5.41, 5.74) is 0. The summed E-state index contributed by atoms with van der Waals surface area (Å²) in [4.78, 5) is 25.1. The quantitative estimate of drug-likeness (QED) is 0.0278. The zero-order valence-corrected chi connectivity index (χ0v) is 36.6. The summed E-state index contributed by atoms with van der Waals surface area (Å²) in [7, 11) is 1.21. The van der Waals surface area contributed by atoms with Gasteiger partial charge in [-0.25, -0.2) is 0 Å². The first-order valence-electron chi connectivity index (χ1n) is 22.0. The van der Waals surface area contributed by atoms with Gasteiger partial charge in [-0.15, -0.1) is 0 Å². The van der Waals surface area contributed by atoms with Crippen molar-refractivity contribution >= 4 is 13.7 Å². The number of unbranched alkanes of at least 4 members (excludes halogenated alkanes) is 20. The minimum absolute atomic E-state index is 0.0147. The normalized spacial score (nSPS) is 14.9. The van der Waals surface area contributed by atoms with Crippen molar-refractivity contribution in [2.75, 3.05) is 40.9 Å². The Morgan fingerprint density at radius 3 is 1.52 bits per heavy atom. The van der Waals surface area contributed by atoms with E-state index in [1.54, 1.807) is 6.08 Å². The van der Waals surface area contributed by atoms with Crippen LogP contribution in [0.15, 0.2) is 48.6 Å². The number of rotatable bonds is 39. The lowest BCUT2D eigenvalue weighted by Gasteiger charge is -2.29. The van der Waals surface area contributed by atoms with Crippen LogP contribution < -0.4 is 10.2 Å². The van der Waals surface area contributed by atoms with Crippen molar-refractivity contribution in [2.45, 2.75) is 193 Å². The van der Waals surface area contributed by atoms with Crippen molar-refractivity contribution < 1.29 is 32.9 Å². The molecule has 0 saturated carbocycles.